The van der Waals surface area contributed by atoms with Crippen LogP contribution in [-0.2, 0) is 4.79 Å². The summed E-state index contributed by atoms with van der Waals surface area (Å²) in [6.07, 6.45) is 5.22. The average Bonchev–Trinajstić information content (AvgIpc) is 2.54. The summed E-state index contributed by atoms with van der Waals surface area (Å²) in [4.78, 5) is 10.8. The summed E-state index contributed by atoms with van der Waals surface area (Å²) in [5, 5.41) is 8.84. The maximum atomic E-state index is 10.8. The van der Waals surface area contributed by atoms with Crippen molar-refractivity contribution in [1.82, 2.24) is 0 Å². The largest absolute Gasteiger partial charge is 0.493 e. The molecular weight excluding hydrogens is 296 g/mol. The number of aliphatic carboxylic acids is 1. The molecule has 5 nitrogen and oxygen atoms in total. The zero-order valence-electron chi connectivity index (χ0n) is 14.1. The molecule has 0 fully saturated rings. The van der Waals surface area contributed by atoms with Gasteiger partial charge in [-0.05, 0) is 31.4 Å². The predicted molar refractivity (Wildman–Crippen MR) is 90.5 cm³/mol. The number of carbonyl (C=O) groups is 1. The van der Waals surface area contributed by atoms with Crippen LogP contribution in [0.15, 0.2) is 18.2 Å². The van der Waals surface area contributed by atoms with E-state index in [1.165, 1.54) is 6.08 Å². The summed E-state index contributed by atoms with van der Waals surface area (Å²) in [6, 6.07) is 3.54. The Morgan fingerprint density at radius 3 is 1.87 bits per heavy atom. The van der Waals surface area contributed by atoms with Gasteiger partial charge in [-0.3, -0.25) is 0 Å². The normalized spacial score (nSPS) is 10.7. The lowest BCUT2D eigenvalue weighted by atomic mass is 10.1. The highest BCUT2D eigenvalue weighted by Gasteiger charge is 2.12. The van der Waals surface area contributed by atoms with Crippen molar-refractivity contribution in [2.24, 2.45) is 0 Å². The number of benzene rings is 1. The second-order valence-corrected chi connectivity index (χ2v) is 5.05. The molecular formula is C18H26O5. The molecule has 0 heterocycles. The van der Waals surface area contributed by atoms with Crippen LogP contribution in [0.4, 0.5) is 0 Å². The van der Waals surface area contributed by atoms with Crippen LogP contribution in [0.25, 0.3) is 6.08 Å². The fourth-order valence-corrected chi connectivity index (χ4v) is 1.83. The van der Waals surface area contributed by atoms with Gasteiger partial charge in [0.15, 0.2) is 11.5 Å². The van der Waals surface area contributed by atoms with E-state index < -0.39 is 5.97 Å². The molecule has 1 rings (SSSR count). The Morgan fingerprint density at radius 1 is 0.913 bits per heavy atom. The molecule has 0 radical (unpaired) electrons. The quantitative estimate of drug-likeness (QED) is 0.620. The van der Waals surface area contributed by atoms with Gasteiger partial charge in [0.2, 0.25) is 0 Å². The van der Waals surface area contributed by atoms with Crippen LogP contribution in [0.3, 0.4) is 0 Å². The number of hydrogen-bond acceptors (Lipinski definition) is 4. The predicted octanol–water partition coefficient (Wildman–Crippen LogP) is 4.15. The SMILES string of the molecule is CCCOc1cc(OCCC)c(OCCC)cc1C=CC(=O)O. The van der Waals surface area contributed by atoms with Crippen LogP contribution in [0, 0.1) is 0 Å². The highest BCUT2D eigenvalue weighted by molar-refractivity contribution is 5.86. The summed E-state index contributed by atoms with van der Waals surface area (Å²) in [6.45, 7) is 7.78. The van der Waals surface area contributed by atoms with Crippen LogP contribution in [0.5, 0.6) is 17.2 Å². The maximum absolute atomic E-state index is 10.8. The van der Waals surface area contributed by atoms with E-state index in [4.69, 9.17) is 19.3 Å². The zero-order valence-corrected chi connectivity index (χ0v) is 14.1. The van der Waals surface area contributed by atoms with Crippen molar-refractivity contribution < 1.29 is 24.1 Å². The zero-order chi connectivity index (χ0) is 17.1. The molecule has 0 saturated heterocycles. The Morgan fingerprint density at radius 2 is 1.39 bits per heavy atom. The Kier molecular flexibility index (Phi) is 8.65. The molecule has 0 aliphatic heterocycles. The fraction of sp³-hybridized carbons (Fsp3) is 0.500. The lowest BCUT2D eigenvalue weighted by Gasteiger charge is -2.16. The van der Waals surface area contributed by atoms with E-state index in [0.717, 1.165) is 25.3 Å². The molecule has 1 aromatic carbocycles. The van der Waals surface area contributed by atoms with Gasteiger partial charge in [-0.1, -0.05) is 20.8 Å². The van der Waals surface area contributed by atoms with Crippen molar-refractivity contribution in [1.29, 1.82) is 0 Å². The lowest BCUT2D eigenvalue weighted by Crippen LogP contribution is -2.04. The van der Waals surface area contributed by atoms with Gasteiger partial charge >= 0.3 is 5.97 Å². The molecule has 0 aromatic heterocycles. The molecule has 1 N–H and O–H groups in total. The van der Waals surface area contributed by atoms with E-state index in [2.05, 4.69) is 0 Å². The number of rotatable bonds is 11. The van der Waals surface area contributed by atoms with Crippen molar-refractivity contribution in [2.45, 2.75) is 40.0 Å². The Bertz CT molecular complexity index is 522. The standard InChI is InChI=1S/C18H26O5/c1-4-9-21-15-13-17(23-11-6-3)16(22-10-5-2)12-14(15)7-8-18(19)20/h7-8,12-13H,4-6,9-11H2,1-3H3,(H,19,20). The molecule has 0 unspecified atom stereocenters. The second kappa shape index (κ2) is 10.5. The smallest absolute Gasteiger partial charge is 0.328 e. The molecule has 1 aromatic rings. The third kappa shape index (κ3) is 6.63. The lowest BCUT2D eigenvalue weighted by molar-refractivity contribution is -0.131. The molecule has 0 spiro atoms. The van der Waals surface area contributed by atoms with E-state index in [0.29, 0.717) is 42.6 Å². The molecule has 0 bridgehead atoms. The number of carboxylic acids is 1. The minimum atomic E-state index is -1.01. The van der Waals surface area contributed by atoms with Crippen molar-refractivity contribution in [3.63, 3.8) is 0 Å². The monoisotopic (exact) mass is 322 g/mol. The van der Waals surface area contributed by atoms with Gasteiger partial charge in [-0.2, -0.15) is 0 Å². The molecule has 128 valence electrons. The highest BCUT2D eigenvalue weighted by atomic mass is 16.5. The molecule has 0 saturated carbocycles. The van der Waals surface area contributed by atoms with Crippen LogP contribution < -0.4 is 14.2 Å². The molecule has 5 heteroatoms. The molecule has 0 aliphatic rings. The summed E-state index contributed by atoms with van der Waals surface area (Å²) in [5.74, 6) is 0.821. The van der Waals surface area contributed by atoms with Gasteiger partial charge < -0.3 is 19.3 Å². The third-order valence-corrected chi connectivity index (χ3v) is 2.87. The minimum absolute atomic E-state index is 0.552. The summed E-state index contributed by atoms with van der Waals surface area (Å²) < 4.78 is 17.2. The van der Waals surface area contributed by atoms with Crippen molar-refractivity contribution in [3.05, 3.63) is 23.8 Å². The van der Waals surface area contributed by atoms with Gasteiger partial charge in [0, 0.05) is 17.7 Å². The van der Waals surface area contributed by atoms with Crippen molar-refractivity contribution in [3.8, 4) is 17.2 Å². The molecule has 0 aliphatic carbocycles. The average molecular weight is 322 g/mol. The van der Waals surface area contributed by atoms with E-state index in [1.54, 1.807) is 12.1 Å². The first-order chi connectivity index (χ1) is 11.1. The Balaban J connectivity index is 3.19. The van der Waals surface area contributed by atoms with Crippen molar-refractivity contribution in [2.75, 3.05) is 19.8 Å². The first-order valence-electron chi connectivity index (χ1n) is 8.09. The van der Waals surface area contributed by atoms with E-state index >= 15 is 0 Å². The van der Waals surface area contributed by atoms with E-state index in [-0.39, 0.29) is 0 Å². The summed E-state index contributed by atoms with van der Waals surface area (Å²) >= 11 is 0. The number of hydrogen-bond donors (Lipinski definition) is 1. The van der Waals surface area contributed by atoms with Gasteiger partial charge in [0.25, 0.3) is 0 Å². The van der Waals surface area contributed by atoms with Gasteiger partial charge in [-0.25, -0.2) is 4.79 Å². The Hall–Kier alpha value is -2.17. The second-order valence-electron chi connectivity index (χ2n) is 5.05. The number of ether oxygens (including phenoxy) is 3. The molecule has 0 atom stereocenters. The topological polar surface area (TPSA) is 65.0 Å². The third-order valence-electron chi connectivity index (χ3n) is 2.87. The van der Waals surface area contributed by atoms with E-state index in [9.17, 15) is 4.79 Å². The maximum Gasteiger partial charge on any atom is 0.328 e. The first kappa shape index (κ1) is 18.9. The van der Waals surface area contributed by atoms with Gasteiger partial charge in [-0.15, -0.1) is 0 Å². The van der Waals surface area contributed by atoms with Gasteiger partial charge in [0.05, 0.1) is 19.8 Å². The van der Waals surface area contributed by atoms with Crippen molar-refractivity contribution >= 4 is 12.0 Å². The molecule has 23 heavy (non-hydrogen) atoms. The van der Waals surface area contributed by atoms with Gasteiger partial charge in [0.1, 0.15) is 5.75 Å². The van der Waals surface area contributed by atoms with Crippen LogP contribution >= 0.6 is 0 Å². The van der Waals surface area contributed by atoms with Crippen LogP contribution in [0.2, 0.25) is 0 Å². The minimum Gasteiger partial charge on any atom is -0.493 e. The first-order valence-corrected chi connectivity index (χ1v) is 8.09. The van der Waals surface area contributed by atoms with E-state index in [1.807, 2.05) is 20.8 Å². The Labute approximate surface area is 137 Å². The molecule has 0 amide bonds. The highest BCUT2D eigenvalue weighted by Crippen LogP contribution is 2.36. The fourth-order valence-electron chi connectivity index (χ4n) is 1.83. The summed E-state index contributed by atoms with van der Waals surface area (Å²) in [5.41, 5.74) is 0.663. The van der Waals surface area contributed by atoms with Crippen LogP contribution in [0.1, 0.15) is 45.6 Å². The van der Waals surface area contributed by atoms with Crippen LogP contribution in [-0.4, -0.2) is 30.9 Å². The summed E-state index contributed by atoms with van der Waals surface area (Å²) in [7, 11) is 0. The number of carboxylic acid groups (broad SMARTS) is 1.